The van der Waals surface area contributed by atoms with Crippen LogP contribution in [0.25, 0.3) is 0 Å². The molecule has 0 bridgehead atoms. The van der Waals surface area contributed by atoms with Crippen LogP contribution in [0.15, 0.2) is 24.3 Å². The van der Waals surface area contributed by atoms with Crippen LogP contribution in [0.4, 0.5) is 0 Å². The van der Waals surface area contributed by atoms with E-state index >= 15 is 0 Å². The van der Waals surface area contributed by atoms with Gasteiger partial charge in [-0.25, -0.2) is 0 Å². The van der Waals surface area contributed by atoms with E-state index in [9.17, 15) is 4.79 Å². The van der Waals surface area contributed by atoms with Crippen molar-refractivity contribution in [2.75, 3.05) is 6.61 Å². The van der Waals surface area contributed by atoms with E-state index in [1.165, 1.54) is 0 Å². The molecule has 82 valence electrons. The summed E-state index contributed by atoms with van der Waals surface area (Å²) >= 11 is 2.17. The van der Waals surface area contributed by atoms with Gasteiger partial charge in [0.05, 0.1) is 0 Å². The van der Waals surface area contributed by atoms with E-state index in [-0.39, 0.29) is 18.6 Å². The fraction of sp³-hybridized carbons (Fsp3) is 0.364. The van der Waals surface area contributed by atoms with E-state index in [1.807, 2.05) is 25.1 Å². The smallest absolute Gasteiger partial charge is 0.251 e. The highest BCUT2D eigenvalue weighted by Gasteiger charge is 2.08. The van der Waals surface area contributed by atoms with E-state index in [2.05, 4.69) is 27.9 Å². The van der Waals surface area contributed by atoms with Gasteiger partial charge in [0.1, 0.15) is 0 Å². The molecule has 0 heterocycles. The number of benzene rings is 1. The van der Waals surface area contributed by atoms with E-state index in [0.29, 0.717) is 12.0 Å². The number of aliphatic hydroxyl groups excluding tert-OH is 1. The second-order valence-corrected chi connectivity index (χ2v) is 4.64. The van der Waals surface area contributed by atoms with Gasteiger partial charge in [-0.15, -0.1) is 0 Å². The summed E-state index contributed by atoms with van der Waals surface area (Å²) in [5.41, 5.74) is 0.659. The van der Waals surface area contributed by atoms with Crippen LogP contribution in [0.5, 0.6) is 0 Å². The Labute approximate surface area is 103 Å². The Hall–Kier alpha value is -0.620. The van der Waals surface area contributed by atoms with Crippen molar-refractivity contribution in [3.63, 3.8) is 0 Å². The molecule has 0 aliphatic rings. The number of carbonyl (C=O) groups is 1. The predicted octanol–water partition coefficient (Wildman–Crippen LogP) is 1.79. The molecule has 3 nitrogen and oxygen atoms in total. The summed E-state index contributed by atoms with van der Waals surface area (Å²) in [6.07, 6.45) is 0.579. The van der Waals surface area contributed by atoms with Crippen LogP contribution in [0.3, 0.4) is 0 Å². The lowest BCUT2D eigenvalue weighted by atomic mass is 10.2. The van der Waals surface area contributed by atoms with Gasteiger partial charge in [0, 0.05) is 21.8 Å². The molecule has 4 heteroatoms. The first kappa shape index (κ1) is 12.4. The molecule has 15 heavy (non-hydrogen) atoms. The van der Waals surface area contributed by atoms with Crippen molar-refractivity contribution in [1.29, 1.82) is 0 Å². The molecule has 0 spiro atoms. The Kier molecular flexibility index (Phi) is 5.04. The number of rotatable bonds is 4. The molecule has 2 N–H and O–H groups in total. The molecule has 1 aromatic carbocycles. The maximum Gasteiger partial charge on any atom is 0.251 e. The zero-order valence-electron chi connectivity index (χ0n) is 8.53. The fourth-order valence-electron chi connectivity index (χ4n) is 1.20. The van der Waals surface area contributed by atoms with Crippen LogP contribution in [-0.2, 0) is 0 Å². The molecule has 0 radical (unpaired) electrons. The van der Waals surface area contributed by atoms with Gasteiger partial charge in [0.2, 0.25) is 0 Å². The largest absolute Gasteiger partial charge is 0.396 e. The second-order valence-electron chi connectivity index (χ2n) is 3.40. The third-order valence-corrected chi connectivity index (χ3v) is 2.70. The molecule has 0 aliphatic heterocycles. The minimum atomic E-state index is -0.0885. The number of carbonyl (C=O) groups excluding carboxylic acids is 1. The van der Waals surface area contributed by atoms with Crippen molar-refractivity contribution in [2.45, 2.75) is 19.4 Å². The predicted molar refractivity (Wildman–Crippen MR) is 67.8 cm³/mol. The number of hydrogen-bond acceptors (Lipinski definition) is 2. The fourth-order valence-corrected chi connectivity index (χ4v) is 1.75. The molecule has 1 rings (SSSR count). The molecule has 0 saturated carbocycles. The Balaban J connectivity index is 2.61. The monoisotopic (exact) mass is 319 g/mol. The van der Waals surface area contributed by atoms with Crippen molar-refractivity contribution in [3.05, 3.63) is 33.4 Å². The van der Waals surface area contributed by atoms with Gasteiger partial charge in [0.25, 0.3) is 5.91 Å². The summed E-state index contributed by atoms with van der Waals surface area (Å²) in [5.74, 6) is -0.0885. The summed E-state index contributed by atoms with van der Waals surface area (Å²) in [6.45, 7) is 1.97. The molecule has 0 aliphatic carbocycles. The van der Waals surface area contributed by atoms with Gasteiger partial charge in [0.15, 0.2) is 0 Å². The molecule has 1 amide bonds. The van der Waals surface area contributed by atoms with Gasteiger partial charge >= 0.3 is 0 Å². The van der Waals surface area contributed by atoms with Crippen LogP contribution in [0.2, 0.25) is 0 Å². The summed E-state index contributed by atoms with van der Waals surface area (Å²) in [6, 6.07) is 7.41. The Bertz CT molecular complexity index is 341. The minimum absolute atomic E-state index is 0.000340. The first-order valence-corrected chi connectivity index (χ1v) is 5.88. The van der Waals surface area contributed by atoms with Crippen LogP contribution in [0.1, 0.15) is 23.7 Å². The first-order chi connectivity index (χ1) is 7.13. The second kappa shape index (κ2) is 6.07. The molecule has 0 unspecified atom stereocenters. The van der Waals surface area contributed by atoms with Gasteiger partial charge in [-0.1, -0.05) is 6.07 Å². The maximum absolute atomic E-state index is 11.7. The van der Waals surface area contributed by atoms with E-state index in [1.54, 1.807) is 6.07 Å². The SMILES string of the molecule is C[C@H](CCO)NC(=O)c1cccc(I)c1. The lowest BCUT2D eigenvalue weighted by molar-refractivity contribution is 0.0934. The van der Waals surface area contributed by atoms with Crippen molar-refractivity contribution in [3.8, 4) is 0 Å². The van der Waals surface area contributed by atoms with Gasteiger partial charge in [-0.2, -0.15) is 0 Å². The molecule has 0 aromatic heterocycles. The number of nitrogens with one attached hydrogen (secondary N) is 1. The number of hydrogen-bond donors (Lipinski definition) is 2. The number of amides is 1. The van der Waals surface area contributed by atoms with E-state index in [4.69, 9.17) is 5.11 Å². The van der Waals surface area contributed by atoms with Crippen LogP contribution in [-0.4, -0.2) is 23.7 Å². The first-order valence-electron chi connectivity index (χ1n) is 4.80. The zero-order chi connectivity index (χ0) is 11.3. The van der Waals surface area contributed by atoms with Gasteiger partial charge in [-0.05, 0) is 54.1 Å². The average molecular weight is 319 g/mol. The molecule has 1 atom stereocenters. The quantitative estimate of drug-likeness (QED) is 0.832. The highest BCUT2D eigenvalue weighted by atomic mass is 127. The summed E-state index contributed by atoms with van der Waals surface area (Å²) in [4.78, 5) is 11.7. The molecule has 0 saturated heterocycles. The molecule has 0 fully saturated rings. The van der Waals surface area contributed by atoms with Crippen LogP contribution >= 0.6 is 22.6 Å². The van der Waals surface area contributed by atoms with Crippen molar-refractivity contribution in [1.82, 2.24) is 5.32 Å². The van der Waals surface area contributed by atoms with E-state index in [0.717, 1.165) is 3.57 Å². The Morgan fingerprint density at radius 1 is 1.60 bits per heavy atom. The van der Waals surface area contributed by atoms with Crippen molar-refractivity contribution in [2.24, 2.45) is 0 Å². The van der Waals surface area contributed by atoms with Crippen molar-refractivity contribution >= 4 is 28.5 Å². The van der Waals surface area contributed by atoms with Gasteiger partial charge < -0.3 is 10.4 Å². The topological polar surface area (TPSA) is 49.3 Å². The summed E-state index contributed by atoms with van der Waals surface area (Å²) in [5, 5.41) is 11.5. The number of halogens is 1. The summed E-state index contributed by atoms with van der Waals surface area (Å²) in [7, 11) is 0. The summed E-state index contributed by atoms with van der Waals surface area (Å²) < 4.78 is 1.04. The van der Waals surface area contributed by atoms with Gasteiger partial charge in [-0.3, -0.25) is 4.79 Å². The molecule has 1 aromatic rings. The molecular formula is C11H14INO2. The van der Waals surface area contributed by atoms with Crippen molar-refractivity contribution < 1.29 is 9.90 Å². The zero-order valence-corrected chi connectivity index (χ0v) is 10.7. The lowest BCUT2D eigenvalue weighted by Gasteiger charge is -2.12. The number of aliphatic hydroxyl groups is 1. The normalized spacial score (nSPS) is 12.2. The third-order valence-electron chi connectivity index (χ3n) is 2.03. The highest BCUT2D eigenvalue weighted by molar-refractivity contribution is 14.1. The maximum atomic E-state index is 11.7. The highest BCUT2D eigenvalue weighted by Crippen LogP contribution is 2.08. The van der Waals surface area contributed by atoms with Crippen LogP contribution < -0.4 is 5.32 Å². The lowest BCUT2D eigenvalue weighted by Crippen LogP contribution is -2.33. The van der Waals surface area contributed by atoms with E-state index < -0.39 is 0 Å². The average Bonchev–Trinajstić information content (AvgIpc) is 2.18. The minimum Gasteiger partial charge on any atom is -0.396 e. The third kappa shape index (κ3) is 4.17. The van der Waals surface area contributed by atoms with Crippen LogP contribution in [0, 0.1) is 3.57 Å². The Morgan fingerprint density at radius 2 is 2.33 bits per heavy atom. The standard InChI is InChI=1S/C11H14INO2/c1-8(5-6-14)13-11(15)9-3-2-4-10(12)7-9/h2-4,7-8,14H,5-6H2,1H3,(H,13,15)/t8-/m1/s1. The molecular weight excluding hydrogens is 305 g/mol. The Morgan fingerprint density at radius 3 is 2.93 bits per heavy atom.